The number of methoxy groups -OCH3 is 1. The molecule has 5 atom stereocenters. The van der Waals surface area contributed by atoms with Crippen LogP contribution in [-0.4, -0.2) is 22.9 Å². The molecule has 1 fully saturated rings. The lowest BCUT2D eigenvalue weighted by Crippen LogP contribution is -2.43. The van der Waals surface area contributed by atoms with Crippen molar-refractivity contribution in [2.75, 3.05) is 7.11 Å². The molecule has 0 heterocycles. The van der Waals surface area contributed by atoms with Crippen LogP contribution in [-0.2, 0) is 10.3 Å². The lowest BCUT2D eigenvalue weighted by molar-refractivity contribution is -0.112. The molecule has 1 unspecified atom stereocenters. The maximum absolute atomic E-state index is 11.4. The predicted molar refractivity (Wildman–Crippen MR) is 108 cm³/mol. The lowest BCUT2D eigenvalue weighted by Gasteiger charge is -2.41. The minimum atomic E-state index is -0.908. The third kappa shape index (κ3) is 3.47. The highest BCUT2D eigenvalue weighted by Gasteiger charge is 2.60. The summed E-state index contributed by atoms with van der Waals surface area (Å²) < 4.78 is 6.18. The molecule has 1 aliphatic rings. The topological polar surface area (TPSA) is 49.7 Å². The molecule has 0 radical (unpaired) electrons. The highest BCUT2D eigenvalue weighted by molar-refractivity contribution is 5.30. The molecule has 1 aliphatic carbocycles. The van der Waals surface area contributed by atoms with E-state index >= 15 is 0 Å². The Morgan fingerprint density at radius 1 is 1.15 bits per heavy atom. The van der Waals surface area contributed by atoms with Crippen LogP contribution in [0.2, 0.25) is 0 Å². The van der Waals surface area contributed by atoms with Gasteiger partial charge in [-0.2, -0.15) is 0 Å². The van der Waals surface area contributed by atoms with E-state index in [1.165, 1.54) is 0 Å². The van der Waals surface area contributed by atoms with Gasteiger partial charge >= 0.3 is 0 Å². The summed E-state index contributed by atoms with van der Waals surface area (Å²) in [5.41, 5.74) is 0.372. The van der Waals surface area contributed by atoms with E-state index in [1.54, 1.807) is 13.2 Å². The molecular weight excluding hydrogens is 336 g/mol. The minimum absolute atomic E-state index is 0.0277. The van der Waals surface area contributed by atoms with Crippen molar-refractivity contribution in [3.63, 3.8) is 0 Å². The van der Waals surface area contributed by atoms with E-state index in [-0.39, 0.29) is 11.8 Å². The van der Waals surface area contributed by atoms with Crippen molar-refractivity contribution in [3.05, 3.63) is 84.4 Å². The number of aliphatic hydroxyl groups excluding tert-OH is 1. The van der Waals surface area contributed by atoms with Gasteiger partial charge in [-0.15, -0.1) is 6.58 Å². The Morgan fingerprint density at radius 3 is 2.30 bits per heavy atom. The van der Waals surface area contributed by atoms with E-state index in [4.69, 9.17) is 4.74 Å². The predicted octanol–water partition coefficient (Wildman–Crippen LogP) is 4.62. The zero-order chi connectivity index (χ0) is 19.5. The van der Waals surface area contributed by atoms with Crippen LogP contribution >= 0.6 is 0 Å². The van der Waals surface area contributed by atoms with Gasteiger partial charge in [0.25, 0.3) is 0 Å². The highest BCUT2D eigenvalue weighted by Crippen LogP contribution is 2.58. The summed E-state index contributed by atoms with van der Waals surface area (Å²) in [5.74, 6) is -0.163. The van der Waals surface area contributed by atoms with Crippen molar-refractivity contribution in [3.8, 4) is 0 Å². The second kappa shape index (κ2) is 7.97. The second-order valence-electron chi connectivity index (χ2n) is 7.74. The van der Waals surface area contributed by atoms with Gasteiger partial charge in [-0.1, -0.05) is 73.7 Å². The van der Waals surface area contributed by atoms with Crippen LogP contribution in [0.3, 0.4) is 0 Å². The molecule has 0 aromatic heterocycles. The van der Waals surface area contributed by atoms with Gasteiger partial charge in [-0.3, -0.25) is 0 Å². The van der Waals surface area contributed by atoms with Crippen LogP contribution < -0.4 is 0 Å². The largest absolute Gasteiger partial charge is 0.389 e. The van der Waals surface area contributed by atoms with E-state index in [9.17, 15) is 10.2 Å². The maximum Gasteiger partial charge on any atom is 0.101 e. The first kappa shape index (κ1) is 19.8. The number of aliphatic hydroxyl groups is 2. The Labute approximate surface area is 162 Å². The van der Waals surface area contributed by atoms with E-state index < -0.39 is 17.3 Å². The highest BCUT2D eigenvalue weighted by atomic mass is 16.5. The molecule has 144 valence electrons. The molecule has 0 aliphatic heterocycles. The Hall–Kier alpha value is -1.94. The van der Waals surface area contributed by atoms with Gasteiger partial charge < -0.3 is 14.9 Å². The zero-order valence-electron chi connectivity index (χ0n) is 16.2. The quantitative estimate of drug-likeness (QED) is 0.703. The third-order valence-corrected chi connectivity index (χ3v) is 6.41. The van der Waals surface area contributed by atoms with Crippen LogP contribution in [0.15, 0.2) is 73.3 Å². The molecule has 3 nitrogen and oxygen atoms in total. The molecular formula is C24H30O3. The SMILES string of the molecule is C=CC[C@@]1(O)C[C@H](CC(O)c2ccccc2)[C@@](OC)(c2ccccc2)[C@@H]1C. The van der Waals surface area contributed by atoms with Gasteiger partial charge in [0.05, 0.1) is 11.7 Å². The van der Waals surface area contributed by atoms with E-state index in [1.807, 2.05) is 48.5 Å². The number of hydrogen-bond donors (Lipinski definition) is 2. The first-order valence-corrected chi connectivity index (χ1v) is 9.65. The van der Waals surface area contributed by atoms with Crippen LogP contribution in [0.4, 0.5) is 0 Å². The molecule has 27 heavy (non-hydrogen) atoms. The summed E-state index contributed by atoms with van der Waals surface area (Å²) in [6, 6.07) is 19.8. The molecule has 0 amide bonds. The van der Waals surface area contributed by atoms with Crippen LogP contribution in [0.1, 0.15) is 43.4 Å². The van der Waals surface area contributed by atoms with Gasteiger partial charge in [-0.25, -0.2) is 0 Å². The first-order valence-electron chi connectivity index (χ1n) is 9.65. The standard InChI is InChI=1S/C24H30O3/c1-4-15-23(26)17-21(16-22(25)19-11-7-5-8-12-19)24(27-3,18(23)2)20-13-9-6-10-14-20/h4-14,18,21-22,25-26H,1,15-17H2,2-3H3/t18-,21+,22?,23-,24+/m1/s1. The van der Waals surface area contributed by atoms with E-state index in [2.05, 4.69) is 25.6 Å². The lowest BCUT2D eigenvalue weighted by atomic mass is 9.74. The third-order valence-electron chi connectivity index (χ3n) is 6.41. The van der Waals surface area contributed by atoms with Crippen molar-refractivity contribution in [2.45, 2.75) is 43.5 Å². The van der Waals surface area contributed by atoms with Crippen molar-refractivity contribution in [1.29, 1.82) is 0 Å². The molecule has 0 bridgehead atoms. The minimum Gasteiger partial charge on any atom is -0.389 e. The molecule has 1 saturated carbocycles. The Bertz CT molecular complexity index is 745. The summed E-state index contributed by atoms with van der Waals surface area (Å²) in [6.07, 6.45) is 2.76. The molecule has 3 heteroatoms. The fraction of sp³-hybridized carbons (Fsp3) is 0.417. The number of ether oxygens (including phenoxy) is 1. The van der Waals surface area contributed by atoms with Crippen molar-refractivity contribution in [1.82, 2.24) is 0 Å². The molecule has 2 aromatic rings. The number of hydrogen-bond acceptors (Lipinski definition) is 3. The number of rotatable bonds is 7. The fourth-order valence-electron chi connectivity index (χ4n) is 5.00. The van der Waals surface area contributed by atoms with E-state index in [0.29, 0.717) is 19.3 Å². The van der Waals surface area contributed by atoms with Gasteiger partial charge in [0.2, 0.25) is 0 Å². The average molecular weight is 367 g/mol. The molecule has 0 spiro atoms. The van der Waals surface area contributed by atoms with Crippen LogP contribution in [0, 0.1) is 11.8 Å². The summed E-state index contributed by atoms with van der Waals surface area (Å²) in [6.45, 7) is 5.88. The zero-order valence-corrected chi connectivity index (χ0v) is 16.2. The summed E-state index contributed by atoms with van der Waals surface area (Å²) in [4.78, 5) is 0. The maximum atomic E-state index is 11.4. The van der Waals surface area contributed by atoms with Crippen molar-refractivity contribution in [2.24, 2.45) is 11.8 Å². The Morgan fingerprint density at radius 2 is 1.74 bits per heavy atom. The molecule has 0 saturated heterocycles. The second-order valence-corrected chi connectivity index (χ2v) is 7.74. The first-order chi connectivity index (χ1) is 13.0. The summed E-state index contributed by atoms with van der Waals surface area (Å²) in [5, 5.41) is 22.3. The summed E-state index contributed by atoms with van der Waals surface area (Å²) >= 11 is 0. The van der Waals surface area contributed by atoms with Gasteiger partial charge in [0.1, 0.15) is 5.60 Å². The Kier molecular flexibility index (Phi) is 5.85. The number of benzene rings is 2. The van der Waals surface area contributed by atoms with Gasteiger partial charge in [-0.05, 0) is 36.3 Å². The monoisotopic (exact) mass is 366 g/mol. The van der Waals surface area contributed by atoms with Crippen LogP contribution in [0.25, 0.3) is 0 Å². The molecule has 2 N–H and O–H groups in total. The fourth-order valence-corrected chi connectivity index (χ4v) is 5.00. The summed E-state index contributed by atoms with van der Waals surface area (Å²) in [7, 11) is 1.71. The van der Waals surface area contributed by atoms with Crippen LogP contribution in [0.5, 0.6) is 0 Å². The molecule has 3 rings (SSSR count). The van der Waals surface area contributed by atoms with E-state index in [0.717, 1.165) is 11.1 Å². The van der Waals surface area contributed by atoms with Crippen molar-refractivity contribution >= 4 is 0 Å². The average Bonchev–Trinajstić information content (AvgIpc) is 2.90. The Balaban J connectivity index is 2.01. The smallest absolute Gasteiger partial charge is 0.101 e. The normalized spacial score (nSPS) is 31.6. The van der Waals surface area contributed by atoms with Gasteiger partial charge in [0.15, 0.2) is 0 Å². The molecule has 2 aromatic carbocycles. The van der Waals surface area contributed by atoms with Gasteiger partial charge in [0, 0.05) is 13.0 Å². The van der Waals surface area contributed by atoms with Crippen molar-refractivity contribution < 1.29 is 14.9 Å².